The van der Waals surface area contributed by atoms with Crippen molar-refractivity contribution in [1.82, 2.24) is 0 Å². The Hall–Kier alpha value is -1.57. The second-order valence-electron chi connectivity index (χ2n) is 5.63. The van der Waals surface area contributed by atoms with Crippen molar-refractivity contribution >= 4 is 37.1 Å². The number of hydrogen-bond acceptors (Lipinski definition) is 2. The van der Waals surface area contributed by atoms with E-state index >= 15 is 0 Å². The fraction of sp³-hybridized carbons (Fsp3) is 0.176. The van der Waals surface area contributed by atoms with Crippen molar-refractivity contribution in [1.29, 1.82) is 0 Å². The average Bonchev–Trinajstić information content (AvgIpc) is 2.95. The summed E-state index contributed by atoms with van der Waals surface area (Å²) in [6.07, 6.45) is 2.36. The van der Waals surface area contributed by atoms with Crippen molar-refractivity contribution in [3.05, 3.63) is 63.6 Å². The van der Waals surface area contributed by atoms with Gasteiger partial charge in [-0.3, -0.25) is 0 Å². The molecule has 0 aliphatic heterocycles. The molecule has 0 aromatic heterocycles. The van der Waals surface area contributed by atoms with Crippen LogP contribution in [0.3, 0.4) is 0 Å². The summed E-state index contributed by atoms with van der Waals surface area (Å²) in [4.78, 5) is -1.09. The zero-order valence-corrected chi connectivity index (χ0v) is 14.9. The minimum Gasteiger partial charge on any atom is -0.224 e. The van der Waals surface area contributed by atoms with Crippen LogP contribution in [0.4, 0.5) is 8.78 Å². The van der Waals surface area contributed by atoms with Gasteiger partial charge in [-0.15, -0.1) is 0 Å². The van der Waals surface area contributed by atoms with E-state index in [1.807, 2.05) is 24.3 Å². The summed E-state index contributed by atoms with van der Waals surface area (Å²) in [5.74, 6) is -2.33. The third-order valence-electron chi connectivity index (χ3n) is 4.04. The molecule has 0 saturated heterocycles. The smallest absolute Gasteiger partial charge is 0.224 e. The fourth-order valence-corrected chi connectivity index (χ4v) is 3.96. The van der Waals surface area contributed by atoms with Gasteiger partial charge in [0.2, 0.25) is 10.0 Å². The van der Waals surface area contributed by atoms with E-state index in [1.54, 1.807) is 0 Å². The quantitative estimate of drug-likeness (QED) is 0.806. The summed E-state index contributed by atoms with van der Waals surface area (Å²) >= 11 is 3.38. The SMILES string of the molecule is NS(=O)(=O)c1c(F)cc(C2=C(c3ccc(Br)cc3)CCC2)cc1F. The maximum absolute atomic E-state index is 14.1. The van der Waals surface area contributed by atoms with E-state index in [0.717, 1.165) is 46.2 Å². The van der Waals surface area contributed by atoms with Crippen LogP contribution in [-0.2, 0) is 10.0 Å². The van der Waals surface area contributed by atoms with Gasteiger partial charge in [-0.25, -0.2) is 22.3 Å². The van der Waals surface area contributed by atoms with Gasteiger partial charge in [-0.1, -0.05) is 28.1 Å². The third-order valence-corrected chi connectivity index (χ3v) is 5.53. The van der Waals surface area contributed by atoms with E-state index in [1.165, 1.54) is 0 Å². The minimum absolute atomic E-state index is 0.354. The lowest BCUT2D eigenvalue weighted by Gasteiger charge is -2.11. The molecule has 2 N–H and O–H groups in total. The number of halogens is 3. The predicted octanol–water partition coefficient (Wildman–Crippen LogP) is 4.47. The molecule has 3 nitrogen and oxygen atoms in total. The molecule has 126 valence electrons. The second-order valence-corrected chi connectivity index (χ2v) is 8.05. The highest BCUT2D eigenvalue weighted by Crippen LogP contribution is 2.40. The topological polar surface area (TPSA) is 60.2 Å². The lowest BCUT2D eigenvalue weighted by atomic mass is 9.97. The van der Waals surface area contributed by atoms with Gasteiger partial charge in [-0.2, -0.15) is 0 Å². The molecule has 0 saturated carbocycles. The van der Waals surface area contributed by atoms with E-state index in [9.17, 15) is 17.2 Å². The van der Waals surface area contributed by atoms with Gasteiger partial charge in [0.15, 0.2) is 4.90 Å². The molecule has 0 amide bonds. The Morgan fingerprint density at radius 2 is 1.42 bits per heavy atom. The first kappa shape index (κ1) is 17.3. The zero-order valence-electron chi connectivity index (χ0n) is 12.5. The number of benzene rings is 2. The molecule has 1 aliphatic carbocycles. The summed E-state index contributed by atoms with van der Waals surface area (Å²) in [5, 5.41) is 4.87. The fourth-order valence-electron chi connectivity index (χ4n) is 3.04. The minimum atomic E-state index is -4.45. The average molecular weight is 414 g/mol. The molecule has 1 aliphatic rings. The van der Waals surface area contributed by atoms with Crippen LogP contribution in [0.2, 0.25) is 0 Å². The number of nitrogens with two attached hydrogens (primary N) is 1. The second kappa shape index (κ2) is 6.38. The van der Waals surface area contributed by atoms with Crippen LogP contribution >= 0.6 is 15.9 Å². The Labute approximate surface area is 147 Å². The molecule has 0 radical (unpaired) electrons. The number of hydrogen-bond donors (Lipinski definition) is 1. The lowest BCUT2D eigenvalue weighted by molar-refractivity contribution is 0.519. The standard InChI is InChI=1S/C17H14BrF2NO2S/c18-12-6-4-10(5-7-12)13-2-1-3-14(13)11-8-15(19)17(16(20)9-11)24(21,22)23/h4-9H,1-3H2,(H2,21,22,23). The largest absolute Gasteiger partial charge is 0.243 e. The molecule has 2 aromatic carbocycles. The van der Waals surface area contributed by atoms with Crippen LogP contribution in [0, 0.1) is 11.6 Å². The summed E-state index contributed by atoms with van der Waals surface area (Å²) in [6, 6.07) is 9.78. The number of primary sulfonamides is 1. The van der Waals surface area contributed by atoms with Crippen molar-refractivity contribution in [2.24, 2.45) is 5.14 Å². The van der Waals surface area contributed by atoms with E-state index in [2.05, 4.69) is 15.9 Å². The van der Waals surface area contributed by atoms with E-state index in [0.29, 0.717) is 12.0 Å². The van der Waals surface area contributed by atoms with Crippen molar-refractivity contribution in [3.63, 3.8) is 0 Å². The molecule has 0 atom stereocenters. The summed E-state index contributed by atoms with van der Waals surface area (Å²) in [5.41, 5.74) is 3.19. The van der Waals surface area contributed by atoms with Crippen molar-refractivity contribution in [3.8, 4) is 0 Å². The van der Waals surface area contributed by atoms with Gasteiger partial charge in [0.25, 0.3) is 0 Å². The monoisotopic (exact) mass is 413 g/mol. The normalized spacial score (nSPS) is 15.2. The van der Waals surface area contributed by atoms with Gasteiger partial charge < -0.3 is 0 Å². The van der Waals surface area contributed by atoms with Gasteiger partial charge in [-0.05, 0) is 65.8 Å². The van der Waals surface area contributed by atoms with Crippen LogP contribution in [0.25, 0.3) is 11.1 Å². The predicted molar refractivity (Wildman–Crippen MR) is 92.5 cm³/mol. The van der Waals surface area contributed by atoms with Gasteiger partial charge in [0.1, 0.15) is 11.6 Å². The first-order valence-corrected chi connectivity index (χ1v) is 9.61. The highest BCUT2D eigenvalue weighted by atomic mass is 79.9. The molecular formula is C17H14BrF2NO2S. The van der Waals surface area contributed by atoms with E-state index < -0.39 is 26.6 Å². The Kier molecular flexibility index (Phi) is 4.59. The first-order valence-electron chi connectivity index (χ1n) is 7.27. The Bertz CT molecular complexity index is 915. The van der Waals surface area contributed by atoms with Crippen LogP contribution < -0.4 is 5.14 Å². The van der Waals surface area contributed by atoms with Crippen molar-refractivity contribution < 1.29 is 17.2 Å². The van der Waals surface area contributed by atoms with Crippen molar-refractivity contribution in [2.45, 2.75) is 24.2 Å². The van der Waals surface area contributed by atoms with Crippen molar-refractivity contribution in [2.75, 3.05) is 0 Å². The molecule has 0 unspecified atom stereocenters. The Morgan fingerprint density at radius 3 is 1.92 bits per heavy atom. The molecule has 3 rings (SSSR count). The maximum atomic E-state index is 14.1. The molecule has 24 heavy (non-hydrogen) atoms. The van der Waals surface area contributed by atoms with Gasteiger partial charge in [0, 0.05) is 4.47 Å². The van der Waals surface area contributed by atoms with Gasteiger partial charge >= 0.3 is 0 Å². The maximum Gasteiger partial charge on any atom is 0.243 e. The molecule has 2 aromatic rings. The van der Waals surface area contributed by atoms with Crippen LogP contribution in [0.15, 0.2) is 45.8 Å². The van der Waals surface area contributed by atoms with Crippen LogP contribution in [-0.4, -0.2) is 8.42 Å². The molecular weight excluding hydrogens is 400 g/mol. The summed E-state index contributed by atoms with van der Waals surface area (Å²) in [6.45, 7) is 0. The van der Waals surface area contributed by atoms with Crippen LogP contribution in [0.5, 0.6) is 0 Å². The van der Waals surface area contributed by atoms with Crippen LogP contribution in [0.1, 0.15) is 30.4 Å². The lowest BCUT2D eigenvalue weighted by Crippen LogP contribution is -2.16. The Morgan fingerprint density at radius 1 is 0.917 bits per heavy atom. The molecule has 7 heteroatoms. The Balaban J connectivity index is 2.14. The van der Waals surface area contributed by atoms with E-state index in [-0.39, 0.29) is 0 Å². The molecule has 0 heterocycles. The number of rotatable bonds is 3. The highest BCUT2D eigenvalue weighted by molar-refractivity contribution is 9.10. The van der Waals surface area contributed by atoms with E-state index in [4.69, 9.17) is 5.14 Å². The first-order chi connectivity index (χ1) is 11.3. The summed E-state index contributed by atoms with van der Waals surface area (Å²) < 4.78 is 51.8. The number of sulfonamides is 1. The number of allylic oxidation sites excluding steroid dienone is 2. The summed E-state index contributed by atoms with van der Waals surface area (Å²) in [7, 11) is -4.45. The third kappa shape index (κ3) is 3.29. The zero-order chi connectivity index (χ0) is 17.5. The molecule has 0 spiro atoms. The molecule has 0 fully saturated rings. The molecule has 0 bridgehead atoms. The highest BCUT2D eigenvalue weighted by Gasteiger charge is 2.24. The van der Waals surface area contributed by atoms with Gasteiger partial charge in [0.05, 0.1) is 0 Å².